The molecule has 4 nitrogen and oxygen atoms in total. The molecular formula is C13H17N3OS. The molecule has 0 saturated heterocycles. The fourth-order valence-corrected chi connectivity index (χ4v) is 2.60. The highest BCUT2D eigenvalue weighted by molar-refractivity contribution is 7.15. The van der Waals surface area contributed by atoms with Crippen LogP contribution >= 0.6 is 11.3 Å². The molecule has 0 bridgehead atoms. The Labute approximate surface area is 111 Å². The molecule has 0 spiro atoms. The average Bonchev–Trinajstić information content (AvgIpc) is 2.70. The van der Waals surface area contributed by atoms with Crippen molar-refractivity contribution >= 4 is 16.5 Å². The van der Waals surface area contributed by atoms with Gasteiger partial charge in [-0.3, -0.25) is 4.98 Å². The first-order chi connectivity index (χ1) is 8.60. The quantitative estimate of drug-likeness (QED) is 0.919. The van der Waals surface area contributed by atoms with Gasteiger partial charge in [-0.25, -0.2) is 4.98 Å². The molecule has 0 saturated carbocycles. The van der Waals surface area contributed by atoms with Crippen LogP contribution in [0.2, 0.25) is 0 Å². The Hall–Kier alpha value is -1.46. The fourth-order valence-electron chi connectivity index (χ4n) is 1.72. The third-order valence-electron chi connectivity index (χ3n) is 2.70. The number of aryl methyl sites for hydroxylation is 2. The topological polar surface area (TPSA) is 49.2 Å². The summed E-state index contributed by atoms with van der Waals surface area (Å²) in [6.45, 7) is 4.69. The zero-order valence-electron chi connectivity index (χ0n) is 10.8. The standard InChI is InChI=1S/C13H17N3OS/c1-9-5-4-6-11(14-9)7-16(3)13-15-10(2)12(8-17)18-13/h4-6,17H,7-8H2,1-3H3. The van der Waals surface area contributed by atoms with E-state index in [1.54, 1.807) is 0 Å². The molecule has 0 radical (unpaired) electrons. The van der Waals surface area contributed by atoms with E-state index < -0.39 is 0 Å². The number of anilines is 1. The van der Waals surface area contributed by atoms with E-state index in [0.29, 0.717) is 0 Å². The van der Waals surface area contributed by atoms with Crippen molar-refractivity contribution in [2.75, 3.05) is 11.9 Å². The van der Waals surface area contributed by atoms with Crippen molar-refractivity contribution in [1.82, 2.24) is 9.97 Å². The maximum atomic E-state index is 9.18. The largest absolute Gasteiger partial charge is 0.391 e. The SMILES string of the molecule is Cc1cccc(CN(C)c2nc(C)c(CO)s2)n1. The van der Waals surface area contributed by atoms with Crippen LogP contribution in [0.1, 0.15) is 22.0 Å². The molecule has 2 aromatic heterocycles. The maximum absolute atomic E-state index is 9.18. The molecule has 0 atom stereocenters. The number of hydrogen-bond acceptors (Lipinski definition) is 5. The van der Waals surface area contributed by atoms with Crippen molar-refractivity contribution in [2.24, 2.45) is 0 Å². The van der Waals surface area contributed by atoms with Gasteiger partial charge in [0.05, 0.1) is 29.4 Å². The molecular weight excluding hydrogens is 246 g/mol. The molecule has 0 fully saturated rings. The number of pyridine rings is 1. The van der Waals surface area contributed by atoms with E-state index in [1.165, 1.54) is 11.3 Å². The summed E-state index contributed by atoms with van der Waals surface area (Å²) in [5, 5.41) is 10.1. The van der Waals surface area contributed by atoms with E-state index in [0.717, 1.165) is 33.6 Å². The number of aliphatic hydroxyl groups is 1. The van der Waals surface area contributed by atoms with Gasteiger partial charge in [-0.1, -0.05) is 17.4 Å². The van der Waals surface area contributed by atoms with Crippen molar-refractivity contribution in [1.29, 1.82) is 0 Å². The smallest absolute Gasteiger partial charge is 0.185 e. The molecule has 5 heteroatoms. The highest BCUT2D eigenvalue weighted by atomic mass is 32.1. The van der Waals surface area contributed by atoms with Crippen LogP contribution in [-0.2, 0) is 13.2 Å². The summed E-state index contributed by atoms with van der Waals surface area (Å²) < 4.78 is 0. The van der Waals surface area contributed by atoms with Gasteiger partial charge in [0.2, 0.25) is 0 Å². The van der Waals surface area contributed by atoms with Gasteiger partial charge in [-0.05, 0) is 26.0 Å². The summed E-state index contributed by atoms with van der Waals surface area (Å²) in [7, 11) is 1.99. The van der Waals surface area contributed by atoms with Crippen molar-refractivity contribution < 1.29 is 5.11 Å². The van der Waals surface area contributed by atoms with Gasteiger partial charge in [0.1, 0.15) is 0 Å². The molecule has 0 aliphatic rings. The maximum Gasteiger partial charge on any atom is 0.185 e. The minimum Gasteiger partial charge on any atom is -0.391 e. The van der Waals surface area contributed by atoms with Crippen LogP contribution in [0.3, 0.4) is 0 Å². The zero-order valence-corrected chi connectivity index (χ0v) is 11.7. The molecule has 0 aromatic carbocycles. The first-order valence-corrected chi connectivity index (χ1v) is 6.62. The molecule has 1 N–H and O–H groups in total. The summed E-state index contributed by atoms with van der Waals surface area (Å²) in [6, 6.07) is 6.01. The zero-order chi connectivity index (χ0) is 13.1. The summed E-state index contributed by atoms with van der Waals surface area (Å²) in [4.78, 5) is 11.9. The Morgan fingerprint density at radius 2 is 2.06 bits per heavy atom. The Balaban J connectivity index is 2.13. The van der Waals surface area contributed by atoms with Crippen LogP contribution in [0.4, 0.5) is 5.13 Å². The summed E-state index contributed by atoms with van der Waals surface area (Å²) in [5.74, 6) is 0. The Morgan fingerprint density at radius 3 is 2.67 bits per heavy atom. The Kier molecular flexibility index (Phi) is 3.93. The van der Waals surface area contributed by atoms with E-state index in [2.05, 4.69) is 14.9 Å². The number of thiazole rings is 1. The van der Waals surface area contributed by atoms with Crippen LogP contribution in [0.5, 0.6) is 0 Å². The van der Waals surface area contributed by atoms with Gasteiger partial charge in [0.15, 0.2) is 5.13 Å². The van der Waals surface area contributed by atoms with Gasteiger partial charge in [-0.2, -0.15) is 0 Å². The number of hydrogen-bond donors (Lipinski definition) is 1. The lowest BCUT2D eigenvalue weighted by Gasteiger charge is -2.15. The number of aromatic nitrogens is 2. The number of nitrogens with zero attached hydrogens (tertiary/aromatic N) is 3. The van der Waals surface area contributed by atoms with Crippen LogP contribution in [0.25, 0.3) is 0 Å². The number of rotatable bonds is 4. The van der Waals surface area contributed by atoms with Crippen LogP contribution in [0.15, 0.2) is 18.2 Å². The third kappa shape index (κ3) is 2.86. The van der Waals surface area contributed by atoms with E-state index in [-0.39, 0.29) is 6.61 Å². The molecule has 2 rings (SSSR count). The second-order valence-corrected chi connectivity index (χ2v) is 5.35. The van der Waals surface area contributed by atoms with Gasteiger partial charge in [0.25, 0.3) is 0 Å². The van der Waals surface area contributed by atoms with Crippen molar-refractivity contribution in [2.45, 2.75) is 27.0 Å². The van der Waals surface area contributed by atoms with Gasteiger partial charge in [0, 0.05) is 12.7 Å². The second-order valence-electron chi connectivity index (χ2n) is 4.29. The Bertz CT molecular complexity index is 539. The lowest BCUT2D eigenvalue weighted by molar-refractivity contribution is 0.284. The second kappa shape index (κ2) is 5.46. The summed E-state index contributed by atoms with van der Waals surface area (Å²) in [5.41, 5.74) is 2.95. The van der Waals surface area contributed by atoms with Crippen molar-refractivity contribution in [3.8, 4) is 0 Å². The molecule has 0 amide bonds. The first-order valence-electron chi connectivity index (χ1n) is 5.81. The molecule has 96 valence electrons. The lowest BCUT2D eigenvalue weighted by atomic mass is 10.3. The highest BCUT2D eigenvalue weighted by Crippen LogP contribution is 2.25. The predicted molar refractivity (Wildman–Crippen MR) is 73.9 cm³/mol. The van der Waals surface area contributed by atoms with Crippen molar-refractivity contribution in [3.63, 3.8) is 0 Å². The number of aliphatic hydroxyl groups excluding tert-OH is 1. The van der Waals surface area contributed by atoms with Crippen LogP contribution in [0, 0.1) is 13.8 Å². The van der Waals surface area contributed by atoms with Crippen LogP contribution in [-0.4, -0.2) is 22.1 Å². The van der Waals surface area contributed by atoms with Crippen molar-refractivity contribution in [3.05, 3.63) is 40.2 Å². The minimum atomic E-state index is 0.0556. The molecule has 0 aliphatic carbocycles. The third-order valence-corrected chi connectivity index (χ3v) is 3.95. The van der Waals surface area contributed by atoms with Gasteiger partial charge in [-0.15, -0.1) is 0 Å². The fraction of sp³-hybridized carbons (Fsp3) is 0.385. The van der Waals surface area contributed by atoms with Gasteiger partial charge < -0.3 is 10.0 Å². The highest BCUT2D eigenvalue weighted by Gasteiger charge is 2.11. The predicted octanol–water partition coefficient (Wildman–Crippen LogP) is 2.28. The molecule has 0 aliphatic heterocycles. The summed E-state index contributed by atoms with van der Waals surface area (Å²) >= 11 is 1.53. The molecule has 0 unspecified atom stereocenters. The van der Waals surface area contributed by atoms with E-state index in [4.69, 9.17) is 0 Å². The molecule has 18 heavy (non-hydrogen) atoms. The van der Waals surface area contributed by atoms with E-state index in [9.17, 15) is 5.11 Å². The normalized spacial score (nSPS) is 10.7. The van der Waals surface area contributed by atoms with Crippen LogP contribution < -0.4 is 4.90 Å². The van der Waals surface area contributed by atoms with Gasteiger partial charge >= 0.3 is 0 Å². The lowest BCUT2D eigenvalue weighted by Crippen LogP contribution is -2.17. The molecule has 2 heterocycles. The average molecular weight is 263 g/mol. The molecule has 2 aromatic rings. The first kappa shape index (κ1) is 13.0. The Morgan fingerprint density at radius 1 is 1.28 bits per heavy atom. The minimum absolute atomic E-state index is 0.0556. The monoisotopic (exact) mass is 263 g/mol. The van der Waals surface area contributed by atoms with E-state index in [1.807, 2.05) is 39.1 Å². The summed E-state index contributed by atoms with van der Waals surface area (Å²) in [6.07, 6.45) is 0. The van der Waals surface area contributed by atoms with E-state index >= 15 is 0 Å².